The molecular formula is C12H14ClNO3S. The Bertz CT molecular complexity index is 577. The van der Waals surface area contributed by atoms with E-state index in [9.17, 15) is 13.5 Å². The normalized spacial score (nSPS) is 23.7. The second-order valence-electron chi connectivity index (χ2n) is 5.11. The molecule has 1 saturated heterocycles. The number of aliphatic hydroxyl groups is 1. The van der Waals surface area contributed by atoms with Crippen LogP contribution in [0, 0.1) is 5.92 Å². The third kappa shape index (κ3) is 1.95. The van der Waals surface area contributed by atoms with Gasteiger partial charge in [-0.15, -0.1) is 0 Å². The highest BCUT2D eigenvalue weighted by atomic mass is 35.5. The van der Waals surface area contributed by atoms with Crippen molar-refractivity contribution in [3.63, 3.8) is 0 Å². The van der Waals surface area contributed by atoms with E-state index in [4.69, 9.17) is 11.6 Å². The molecule has 0 aromatic heterocycles. The average molecular weight is 288 g/mol. The molecule has 0 spiro atoms. The van der Waals surface area contributed by atoms with Crippen molar-refractivity contribution in [2.75, 3.05) is 13.1 Å². The highest BCUT2D eigenvalue weighted by molar-refractivity contribution is 7.89. The second kappa shape index (κ2) is 3.93. The van der Waals surface area contributed by atoms with E-state index in [1.54, 1.807) is 12.1 Å². The topological polar surface area (TPSA) is 57.6 Å². The molecule has 0 unspecified atom stereocenters. The molecule has 0 atom stereocenters. The molecule has 1 aliphatic carbocycles. The Hall–Kier alpha value is -0.620. The number of nitrogens with zero attached hydrogens (tertiary/aromatic N) is 1. The van der Waals surface area contributed by atoms with Gasteiger partial charge < -0.3 is 5.11 Å². The largest absolute Gasteiger partial charge is 0.387 e. The smallest absolute Gasteiger partial charge is 0.243 e. The van der Waals surface area contributed by atoms with Crippen molar-refractivity contribution in [1.29, 1.82) is 0 Å². The van der Waals surface area contributed by atoms with Gasteiger partial charge in [0.2, 0.25) is 10.0 Å². The molecule has 1 aliphatic heterocycles. The second-order valence-corrected chi connectivity index (χ2v) is 7.48. The van der Waals surface area contributed by atoms with E-state index in [-0.39, 0.29) is 23.9 Å². The molecule has 1 heterocycles. The molecular weight excluding hydrogens is 274 g/mol. The number of benzene rings is 1. The Balaban J connectivity index is 1.80. The van der Waals surface area contributed by atoms with Gasteiger partial charge in [0, 0.05) is 18.1 Å². The lowest BCUT2D eigenvalue weighted by Crippen LogP contribution is -2.64. The molecule has 98 valence electrons. The summed E-state index contributed by atoms with van der Waals surface area (Å²) in [5.74, 6) is 0.281. The molecule has 1 aromatic rings. The zero-order valence-electron chi connectivity index (χ0n) is 9.71. The molecule has 2 aliphatic rings. The van der Waals surface area contributed by atoms with Crippen LogP contribution in [-0.4, -0.2) is 36.5 Å². The van der Waals surface area contributed by atoms with E-state index in [2.05, 4.69) is 0 Å². The van der Waals surface area contributed by atoms with Crippen LogP contribution in [-0.2, 0) is 10.0 Å². The summed E-state index contributed by atoms with van der Waals surface area (Å²) in [6.07, 6.45) is 2.00. The number of hydrogen-bond acceptors (Lipinski definition) is 3. The SMILES string of the molecule is O=S(=O)(c1cccc(Cl)c1)N1CC(O)(C2CC2)C1. The third-order valence-electron chi connectivity index (χ3n) is 3.67. The summed E-state index contributed by atoms with van der Waals surface area (Å²) in [5.41, 5.74) is -0.800. The van der Waals surface area contributed by atoms with E-state index in [0.717, 1.165) is 12.8 Å². The Morgan fingerprint density at radius 3 is 2.56 bits per heavy atom. The van der Waals surface area contributed by atoms with Crippen LogP contribution in [0.15, 0.2) is 29.2 Å². The van der Waals surface area contributed by atoms with Gasteiger partial charge >= 0.3 is 0 Å². The van der Waals surface area contributed by atoms with E-state index < -0.39 is 15.6 Å². The molecule has 18 heavy (non-hydrogen) atoms. The minimum atomic E-state index is -3.51. The molecule has 1 saturated carbocycles. The molecule has 3 rings (SSSR count). The minimum Gasteiger partial charge on any atom is -0.387 e. The van der Waals surface area contributed by atoms with E-state index in [1.165, 1.54) is 16.4 Å². The zero-order chi connectivity index (χ0) is 13.0. The highest BCUT2D eigenvalue weighted by Crippen LogP contribution is 2.45. The van der Waals surface area contributed by atoms with Gasteiger partial charge in [-0.3, -0.25) is 0 Å². The quantitative estimate of drug-likeness (QED) is 0.916. The van der Waals surface area contributed by atoms with Crippen LogP contribution >= 0.6 is 11.6 Å². The Morgan fingerprint density at radius 1 is 1.33 bits per heavy atom. The van der Waals surface area contributed by atoms with Gasteiger partial charge in [-0.1, -0.05) is 17.7 Å². The van der Waals surface area contributed by atoms with Crippen LogP contribution in [0.2, 0.25) is 5.02 Å². The summed E-state index contributed by atoms with van der Waals surface area (Å²) < 4.78 is 25.8. The van der Waals surface area contributed by atoms with Crippen LogP contribution in [0.3, 0.4) is 0 Å². The number of β-amino-alcohol motifs (C(OH)–C–C–N with tert-alkyl or cyclic N) is 1. The van der Waals surface area contributed by atoms with Gasteiger partial charge in [0.25, 0.3) is 0 Å². The maximum absolute atomic E-state index is 12.3. The molecule has 0 radical (unpaired) electrons. The van der Waals surface area contributed by atoms with Gasteiger partial charge in [0.05, 0.1) is 10.5 Å². The van der Waals surface area contributed by atoms with Crippen LogP contribution < -0.4 is 0 Å². The highest BCUT2D eigenvalue weighted by Gasteiger charge is 2.55. The Morgan fingerprint density at radius 2 is 2.00 bits per heavy atom. The predicted octanol–water partition coefficient (Wildman–Crippen LogP) is 1.49. The van der Waals surface area contributed by atoms with Crippen LogP contribution in [0.4, 0.5) is 0 Å². The van der Waals surface area contributed by atoms with Crippen molar-refractivity contribution in [3.05, 3.63) is 29.3 Å². The monoisotopic (exact) mass is 287 g/mol. The van der Waals surface area contributed by atoms with Crippen molar-refractivity contribution < 1.29 is 13.5 Å². The summed E-state index contributed by atoms with van der Waals surface area (Å²) in [4.78, 5) is 0.188. The summed E-state index contributed by atoms with van der Waals surface area (Å²) in [7, 11) is -3.51. The first-order valence-electron chi connectivity index (χ1n) is 5.90. The first kappa shape index (κ1) is 12.4. The van der Waals surface area contributed by atoms with Gasteiger partial charge in [0.1, 0.15) is 0 Å². The molecule has 2 fully saturated rings. The minimum absolute atomic E-state index is 0.188. The maximum Gasteiger partial charge on any atom is 0.243 e. The Labute approximate surface area is 111 Å². The lowest BCUT2D eigenvalue weighted by Gasteiger charge is -2.45. The van der Waals surface area contributed by atoms with E-state index in [0.29, 0.717) is 5.02 Å². The Kier molecular flexibility index (Phi) is 2.71. The number of sulfonamides is 1. The molecule has 0 bridgehead atoms. The van der Waals surface area contributed by atoms with Crippen LogP contribution in [0.25, 0.3) is 0 Å². The lowest BCUT2D eigenvalue weighted by atomic mass is 9.91. The van der Waals surface area contributed by atoms with E-state index >= 15 is 0 Å². The fourth-order valence-corrected chi connectivity index (χ4v) is 4.26. The summed E-state index contributed by atoms with van der Waals surface area (Å²) in [5, 5.41) is 10.6. The predicted molar refractivity (Wildman–Crippen MR) is 67.9 cm³/mol. The van der Waals surface area contributed by atoms with Crippen molar-refractivity contribution in [1.82, 2.24) is 4.31 Å². The third-order valence-corrected chi connectivity index (χ3v) is 5.69. The zero-order valence-corrected chi connectivity index (χ0v) is 11.3. The summed E-state index contributed by atoms with van der Waals surface area (Å²) >= 11 is 5.80. The number of halogens is 1. The molecule has 1 aromatic carbocycles. The number of hydrogen-bond donors (Lipinski definition) is 1. The first-order valence-corrected chi connectivity index (χ1v) is 7.72. The molecule has 1 N–H and O–H groups in total. The average Bonchev–Trinajstić information content (AvgIpc) is 3.08. The molecule has 0 amide bonds. The summed E-state index contributed by atoms with van der Waals surface area (Å²) in [6.45, 7) is 0.402. The first-order chi connectivity index (χ1) is 8.42. The maximum atomic E-state index is 12.3. The molecule has 4 nitrogen and oxygen atoms in total. The van der Waals surface area contributed by atoms with Crippen molar-refractivity contribution in [2.45, 2.75) is 23.3 Å². The van der Waals surface area contributed by atoms with Crippen LogP contribution in [0.5, 0.6) is 0 Å². The summed E-state index contributed by atoms with van der Waals surface area (Å²) in [6, 6.07) is 6.21. The van der Waals surface area contributed by atoms with Crippen LogP contribution in [0.1, 0.15) is 12.8 Å². The number of rotatable bonds is 3. The van der Waals surface area contributed by atoms with Crippen molar-refractivity contribution in [3.8, 4) is 0 Å². The fourth-order valence-electron chi connectivity index (χ4n) is 2.39. The molecule has 6 heteroatoms. The standard InChI is InChI=1S/C12H14ClNO3S/c13-10-2-1-3-11(6-10)18(16,17)14-7-12(15,8-14)9-4-5-9/h1-3,6,9,15H,4-5,7-8H2. The van der Waals surface area contributed by atoms with Crippen molar-refractivity contribution in [2.24, 2.45) is 5.92 Å². The van der Waals surface area contributed by atoms with Crippen molar-refractivity contribution >= 4 is 21.6 Å². The van der Waals surface area contributed by atoms with Gasteiger partial charge in [-0.25, -0.2) is 8.42 Å². The van der Waals surface area contributed by atoms with Gasteiger partial charge in [-0.2, -0.15) is 4.31 Å². The van der Waals surface area contributed by atoms with E-state index in [1.807, 2.05) is 0 Å². The van der Waals surface area contributed by atoms with Gasteiger partial charge in [-0.05, 0) is 37.0 Å². The fraction of sp³-hybridized carbons (Fsp3) is 0.500. The lowest BCUT2D eigenvalue weighted by molar-refractivity contribution is -0.0764. The van der Waals surface area contributed by atoms with Gasteiger partial charge in [0.15, 0.2) is 0 Å².